The Bertz CT molecular complexity index is 1290. The average molecular weight is 559 g/mol. The number of ether oxygens (including phenoxy) is 3. The summed E-state index contributed by atoms with van der Waals surface area (Å²) in [5.41, 5.74) is 2.47. The van der Waals surface area contributed by atoms with Crippen molar-refractivity contribution in [2.45, 2.75) is 13.2 Å². The highest BCUT2D eigenvalue weighted by Gasteiger charge is 2.35. The zero-order valence-electron chi connectivity index (χ0n) is 17.6. The van der Waals surface area contributed by atoms with Crippen LogP contribution in [-0.2, 0) is 17.9 Å². The van der Waals surface area contributed by atoms with E-state index in [4.69, 9.17) is 25.8 Å². The number of rotatable bonds is 6. The van der Waals surface area contributed by atoms with Gasteiger partial charge in [-0.1, -0.05) is 51.8 Å². The Balaban J connectivity index is 1.25. The molecular weight excluding hydrogens is 542 g/mol. The first-order chi connectivity index (χ1) is 16.5. The second-order valence-electron chi connectivity index (χ2n) is 7.55. The van der Waals surface area contributed by atoms with Crippen LogP contribution in [0.4, 0.5) is 4.79 Å². The quantitative estimate of drug-likeness (QED) is 0.316. The van der Waals surface area contributed by atoms with E-state index in [1.807, 2.05) is 48.5 Å². The van der Waals surface area contributed by atoms with Gasteiger partial charge in [-0.15, -0.1) is 0 Å². The van der Waals surface area contributed by atoms with Crippen LogP contribution in [0.3, 0.4) is 0 Å². The summed E-state index contributed by atoms with van der Waals surface area (Å²) in [7, 11) is 0. The lowest BCUT2D eigenvalue weighted by molar-refractivity contribution is -0.123. The molecule has 0 saturated carbocycles. The van der Waals surface area contributed by atoms with E-state index in [1.54, 1.807) is 18.2 Å². The molecule has 34 heavy (non-hydrogen) atoms. The van der Waals surface area contributed by atoms with Crippen LogP contribution in [0.2, 0.25) is 5.02 Å². The number of hydrogen-bond donors (Lipinski definition) is 0. The van der Waals surface area contributed by atoms with Gasteiger partial charge < -0.3 is 14.2 Å². The van der Waals surface area contributed by atoms with Crippen molar-refractivity contribution in [1.29, 1.82) is 0 Å². The van der Waals surface area contributed by atoms with Gasteiger partial charge in [-0.05, 0) is 64.9 Å². The molecule has 0 unspecified atom stereocenters. The number of amides is 2. The number of imide groups is 1. The van der Waals surface area contributed by atoms with Crippen LogP contribution >= 0.6 is 39.3 Å². The molecule has 3 aromatic carbocycles. The summed E-state index contributed by atoms with van der Waals surface area (Å²) in [6, 6.07) is 18.6. The molecule has 172 valence electrons. The number of halogens is 2. The Morgan fingerprint density at radius 2 is 1.74 bits per heavy atom. The Morgan fingerprint density at radius 1 is 1.03 bits per heavy atom. The number of benzene rings is 3. The first-order valence-electron chi connectivity index (χ1n) is 10.3. The van der Waals surface area contributed by atoms with Crippen LogP contribution in [0.15, 0.2) is 70.0 Å². The summed E-state index contributed by atoms with van der Waals surface area (Å²) < 4.78 is 17.5. The molecule has 3 aromatic rings. The van der Waals surface area contributed by atoms with Gasteiger partial charge >= 0.3 is 0 Å². The average Bonchev–Trinajstić information content (AvgIpc) is 3.39. The van der Waals surface area contributed by atoms with Crippen LogP contribution < -0.4 is 14.2 Å². The lowest BCUT2D eigenvalue weighted by Crippen LogP contribution is -2.27. The van der Waals surface area contributed by atoms with Gasteiger partial charge in [0.2, 0.25) is 6.79 Å². The number of hydrogen-bond acceptors (Lipinski definition) is 6. The van der Waals surface area contributed by atoms with Gasteiger partial charge in [0.15, 0.2) is 11.5 Å². The normalized spacial score (nSPS) is 15.9. The summed E-state index contributed by atoms with van der Waals surface area (Å²) in [6.45, 7) is 0.627. The van der Waals surface area contributed by atoms with Gasteiger partial charge in [0.25, 0.3) is 11.1 Å². The molecule has 6 nitrogen and oxygen atoms in total. The number of fused-ring (bicyclic) bond motifs is 1. The molecule has 0 spiro atoms. The van der Waals surface area contributed by atoms with Crippen molar-refractivity contribution < 1.29 is 23.8 Å². The highest BCUT2D eigenvalue weighted by atomic mass is 79.9. The summed E-state index contributed by atoms with van der Waals surface area (Å²) in [4.78, 5) is 27.0. The third kappa shape index (κ3) is 4.94. The minimum Gasteiger partial charge on any atom is -0.489 e. The predicted molar refractivity (Wildman–Crippen MR) is 134 cm³/mol. The summed E-state index contributed by atoms with van der Waals surface area (Å²) in [5.74, 6) is 1.45. The van der Waals surface area contributed by atoms with Crippen molar-refractivity contribution in [2.75, 3.05) is 6.79 Å². The Kier molecular flexibility index (Phi) is 6.54. The predicted octanol–water partition coefficient (Wildman–Crippen LogP) is 6.65. The Hall–Kier alpha value is -2.94. The van der Waals surface area contributed by atoms with Gasteiger partial charge in [0, 0.05) is 15.6 Å². The Morgan fingerprint density at radius 3 is 2.47 bits per heavy atom. The third-order valence-corrected chi connectivity index (χ3v) is 7.03. The van der Waals surface area contributed by atoms with Crippen LogP contribution in [0.25, 0.3) is 6.08 Å². The lowest BCUT2D eigenvalue weighted by atomic mass is 10.1. The van der Waals surface area contributed by atoms with Gasteiger partial charge in [-0.25, -0.2) is 0 Å². The second kappa shape index (κ2) is 9.74. The van der Waals surface area contributed by atoms with E-state index >= 15 is 0 Å². The summed E-state index contributed by atoms with van der Waals surface area (Å²) in [5, 5.41) is 0.0606. The molecule has 0 radical (unpaired) electrons. The number of nitrogens with zero attached hydrogens (tertiary/aromatic N) is 1. The van der Waals surface area contributed by atoms with Crippen LogP contribution in [0, 0.1) is 0 Å². The Labute approximate surface area is 213 Å². The van der Waals surface area contributed by atoms with E-state index in [-0.39, 0.29) is 24.5 Å². The third-order valence-electron chi connectivity index (χ3n) is 5.24. The topological polar surface area (TPSA) is 65.1 Å². The van der Waals surface area contributed by atoms with Crippen molar-refractivity contribution in [1.82, 2.24) is 4.90 Å². The SMILES string of the molecule is O=C1S/C(=C\c2ccc(OCc3ccc(Br)cc3)cc2)C(=O)N1Cc1cc2c(cc1Cl)OCO2. The minimum atomic E-state index is -0.362. The zero-order valence-corrected chi connectivity index (χ0v) is 20.8. The molecule has 9 heteroatoms. The largest absolute Gasteiger partial charge is 0.489 e. The molecule has 0 N–H and O–H groups in total. The molecule has 0 aliphatic carbocycles. The summed E-state index contributed by atoms with van der Waals surface area (Å²) in [6.07, 6.45) is 1.70. The molecule has 0 aromatic heterocycles. The fraction of sp³-hybridized carbons (Fsp3) is 0.120. The molecule has 2 aliphatic rings. The maximum atomic E-state index is 12.9. The maximum absolute atomic E-state index is 12.9. The van der Waals surface area contributed by atoms with Gasteiger partial charge in [-0.2, -0.15) is 0 Å². The van der Waals surface area contributed by atoms with Crippen molar-refractivity contribution in [2.24, 2.45) is 0 Å². The van der Waals surface area contributed by atoms with Crippen LogP contribution in [0.5, 0.6) is 17.2 Å². The number of carbonyl (C=O) groups excluding carboxylic acids is 2. The number of thioether (sulfide) groups is 1. The maximum Gasteiger partial charge on any atom is 0.293 e. The molecule has 0 bridgehead atoms. The molecule has 2 aliphatic heterocycles. The van der Waals surface area contributed by atoms with Crippen LogP contribution in [0.1, 0.15) is 16.7 Å². The number of carbonyl (C=O) groups is 2. The molecule has 0 atom stereocenters. The molecule has 1 fully saturated rings. The second-order valence-corrected chi connectivity index (χ2v) is 9.86. The minimum absolute atomic E-state index is 0.0559. The van der Waals surface area contributed by atoms with E-state index in [2.05, 4.69) is 15.9 Å². The molecular formula is C25H17BrClNO5S. The van der Waals surface area contributed by atoms with Gasteiger partial charge in [-0.3, -0.25) is 14.5 Å². The lowest BCUT2D eigenvalue weighted by Gasteiger charge is -2.14. The fourth-order valence-electron chi connectivity index (χ4n) is 3.45. The van der Waals surface area contributed by atoms with E-state index in [1.165, 1.54) is 4.90 Å². The molecule has 1 saturated heterocycles. The van der Waals surface area contributed by atoms with E-state index < -0.39 is 0 Å². The van der Waals surface area contributed by atoms with Crippen molar-refractivity contribution >= 4 is 56.5 Å². The van der Waals surface area contributed by atoms with E-state index in [0.717, 1.165) is 27.4 Å². The smallest absolute Gasteiger partial charge is 0.293 e. The van der Waals surface area contributed by atoms with Crippen molar-refractivity contribution in [3.63, 3.8) is 0 Å². The first kappa shape index (κ1) is 22.8. The molecule has 2 amide bonds. The summed E-state index contributed by atoms with van der Waals surface area (Å²) >= 11 is 10.6. The first-order valence-corrected chi connectivity index (χ1v) is 12.3. The highest BCUT2D eigenvalue weighted by Crippen LogP contribution is 2.39. The monoisotopic (exact) mass is 557 g/mol. The van der Waals surface area contributed by atoms with Crippen molar-refractivity contribution in [3.05, 3.63) is 91.8 Å². The van der Waals surface area contributed by atoms with Crippen LogP contribution in [-0.4, -0.2) is 22.8 Å². The van der Waals surface area contributed by atoms with E-state index in [0.29, 0.717) is 39.3 Å². The van der Waals surface area contributed by atoms with Gasteiger partial charge in [0.1, 0.15) is 12.4 Å². The van der Waals surface area contributed by atoms with Gasteiger partial charge in [0.05, 0.1) is 11.4 Å². The van der Waals surface area contributed by atoms with E-state index in [9.17, 15) is 9.59 Å². The fourth-order valence-corrected chi connectivity index (χ4v) is 4.76. The molecule has 5 rings (SSSR count). The zero-order chi connectivity index (χ0) is 23.7. The standard InChI is InChI=1S/C25H17BrClNO5S/c26-18-5-1-16(2-6-18)13-31-19-7-3-15(4-8-19)9-23-24(29)28(25(30)34-23)12-17-10-21-22(11-20(17)27)33-14-32-21/h1-11H,12-14H2/b23-9-. The molecule has 2 heterocycles. The van der Waals surface area contributed by atoms with Crippen molar-refractivity contribution in [3.8, 4) is 17.2 Å². The highest BCUT2D eigenvalue weighted by molar-refractivity contribution is 9.10.